The van der Waals surface area contributed by atoms with Crippen LogP contribution in [0.3, 0.4) is 0 Å². The Morgan fingerprint density at radius 3 is 2.54 bits per heavy atom. The van der Waals surface area contributed by atoms with Gasteiger partial charge in [0.1, 0.15) is 4.32 Å². The van der Waals surface area contributed by atoms with Crippen LogP contribution in [0.5, 0.6) is 0 Å². The monoisotopic (exact) mass is 390 g/mol. The number of ether oxygens (including phenoxy) is 1. The number of amides is 1. The summed E-state index contributed by atoms with van der Waals surface area (Å²) in [6.45, 7) is 11.5. The van der Waals surface area contributed by atoms with Gasteiger partial charge in [-0.25, -0.2) is 0 Å². The third kappa shape index (κ3) is 4.55. The van der Waals surface area contributed by atoms with Gasteiger partial charge in [0.2, 0.25) is 0 Å². The van der Waals surface area contributed by atoms with Crippen LogP contribution >= 0.6 is 24.0 Å². The molecule has 2 aliphatic heterocycles. The summed E-state index contributed by atoms with van der Waals surface area (Å²) in [6.07, 6.45) is 2.92. The lowest BCUT2D eigenvalue weighted by atomic mass is 10.0. The lowest BCUT2D eigenvalue weighted by Gasteiger charge is -2.27. The van der Waals surface area contributed by atoms with E-state index in [-0.39, 0.29) is 5.91 Å². The highest BCUT2D eigenvalue weighted by Crippen LogP contribution is 2.33. The first-order chi connectivity index (χ1) is 12.5. The molecule has 140 valence electrons. The molecule has 0 atom stereocenters. The topological polar surface area (TPSA) is 32.8 Å². The van der Waals surface area contributed by atoms with E-state index in [0.717, 1.165) is 49.7 Å². The SMILES string of the molecule is Cc1cc(C)c(/C=C2/SC(=S)N(CCCN3CCOCC3)C2=O)cc1C. The van der Waals surface area contributed by atoms with Crippen molar-refractivity contribution in [2.75, 3.05) is 39.4 Å². The van der Waals surface area contributed by atoms with Crippen LogP contribution in [0, 0.1) is 20.8 Å². The number of nitrogens with zero attached hydrogens (tertiary/aromatic N) is 2. The quantitative estimate of drug-likeness (QED) is 0.567. The van der Waals surface area contributed by atoms with Crippen molar-refractivity contribution in [3.8, 4) is 0 Å². The Morgan fingerprint density at radius 2 is 1.81 bits per heavy atom. The zero-order chi connectivity index (χ0) is 18.7. The van der Waals surface area contributed by atoms with E-state index in [4.69, 9.17) is 17.0 Å². The highest BCUT2D eigenvalue weighted by Gasteiger charge is 2.31. The van der Waals surface area contributed by atoms with Gasteiger partial charge >= 0.3 is 0 Å². The molecule has 1 aromatic rings. The average molecular weight is 391 g/mol. The van der Waals surface area contributed by atoms with E-state index in [9.17, 15) is 4.79 Å². The van der Waals surface area contributed by atoms with E-state index >= 15 is 0 Å². The van der Waals surface area contributed by atoms with Gasteiger partial charge in [-0.1, -0.05) is 36.1 Å². The van der Waals surface area contributed by atoms with Gasteiger partial charge in [0.15, 0.2) is 0 Å². The molecule has 0 saturated carbocycles. The molecule has 0 bridgehead atoms. The van der Waals surface area contributed by atoms with Gasteiger partial charge in [-0.05, 0) is 55.5 Å². The number of thioether (sulfide) groups is 1. The fourth-order valence-corrected chi connectivity index (χ4v) is 4.55. The Kier molecular flexibility index (Phi) is 6.51. The van der Waals surface area contributed by atoms with Gasteiger partial charge in [-0.2, -0.15) is 0 Å². The summed E-state index contributed by atoms with van der Waals surface area (Å²) in [4.78, 5) is 17.6. The second kappa shape index (κ2) is 8.65. The lowest BCUT2D eigenvalue weighted by Crippen LogP contribution is -2.38. The van der Waals surface area contributed by atoms with Gasteiger partial charge in [0, 0.05) is 26.2 Å². The molecule has 2 heterocycles. The van der Waals surface area contributed by atoms with Gasteiger partial charge in [0.05, 0.1) is 18.1 Å². The Balaban J connectivity index is 1.63. The molecule has 0 aliphatic carbocycles. The van der Waals surface area contributed by atoms with Crippen LogP contribution in [0.2, 0.25) is 0 Å². The van der Waals surface area contributed by atoms with Crippen molar-refractivity contribution in [1.29, 1.82) is 0 Å². The van der Waals surface area contributed by atoms with Gasteiger partial charge in [-0.3, -0.25) is 14.6 Å². The molecule has 0 spiro atoms. The van der Waals surface area contributed by atoms with Crippen molar-refractivity contribution in [1.82, 2.24) is 9.80 Å². The minimum absolute atomic E-state index is 0.0413. The zero-order valence-electron chi connectivity index (χ0n) is 15.7. The summed E-state index contributed by atoms with van der Waals surface area (Å²) in [7, 11) is 0. The first-order valence-corrected chi connectivity index (χ1v) is 10.3. The third-order valence-electron chi connectivity index (χ3n) is 5.00. The number of aryl methyl sites for hydroxylation is 3. The number of carbonyl (C=O) groups is 1. The van der Waals surface area contributed by atoms with Gasteiger partial charge in [-0.15, -0.1) is 0 Å². The molecule has 0 N–H and O–H groups in total. The molecule has 26 heavy (non-hydrogen) atoms. The molecule has 2 fully saturated rings. The van der Waals surface area contributed by atoms with Gasteiger partial charge < -0.3 is 4.74 Å². The fourth-order valence-electron chi connectivity index (χ4n) is 3.25. The number of morpholine rings is 1. The van der Waals surface area contributed by atoms with Crippen LogP contribution in [-0.4, -0.2) is 59.4 Å². The maximum Gasteiger partial charge on any atom is 0.266 e. The molecule has 6 heteroatoms. The maximum atomic E-state index is 12.8. The number of benzene rings is 1. The molecular formula is C20H26N2O2S2. The van der Waals surface area contributed by atoms with Crippen molar-refractivity contribution in [3.63, 3.8) is 0 Å². The van der Waals surface area contributed by atoms with E-state index in [1.54, 1.807) is 4.90 Å². The third-order valence-corrected chi connectivity index (χ3v) is 6.38. The number of thiocarbonyl (C=S) groups is 1. The average Bonchev–Trinajstić information content (AvgIpc) is 2.88. The van der Waals surface area contributed by atoms with Crippen LogP contribution in [-0.2, 0) is 9.53 Å². The number of rotatable bonds is 5. The molecule has 0 radical (unpaired) electrons. The van der Waals surface area contributed by atoms with E-state index in [1.807, 2.05) is 6.08 Å². The molecule has 2 aliphatic rings. The molecule has 0 aromatic heterocycles. The Morgan fingerprint density at radius 1 is 1.12 bits per heavy atom. The van der Waals surface area contributed by atoms with E-state index in [2.05, 4.69) is 37.8 Å². The van der Waals surface area contributed by atoms with Crippen LogP contribution < -0.4 is 0 Å². The molecule has 2 saturated heterocycles. The van der Waals surface area contributed by atoms with Crippen molar-refractivity contribution in [2.45, 2.75) is 27.2 Å². The molecule has 4 nitrogen and oxygen atoms in total. The Bertz CT molecular complexity index is 740. The van der Waals surface area contributed by atoms with Crippen molar-refractivity contribution < 1.29 is 9.53 Å². The minimum atomic E-state index is 0.0413. The van der Waals surface area contributed by atoms with Crippen LogP contribution in [0.4, 0.5) is 0 Å². The van der Waals surface area contributed by atoms with Crippen LogP contribution in [0.1, 0.15) is 28.7 Å². The largest absolute Gasteiger partial charge is 0.379 e. The van der Waals surface area contributed by atoms with E-state index in [0.29, 0.717) is 10.9 Å². The Labute approximate surface area is 165 Å². The number of hydrogen-bond acceptors (Lipinski definition) is 5. The Hall–Kier alpha value is -1.21. The van der Waals surface area contributed by atoms with Crippen molar-refractivity contribution >= 4 is 40.3 Å². The smallest absolute Gasteiger partial charge is 0.266 e. The van der Waals surface area contributed by atoms with Crippen molar-refractivity contribution in [3.05, 3.63) is 39.3 Å². The molecule has 1 amide bonds. The molecule has 3 rings (SSSR count). The normalized spacial score (nSPS) is 20.4. The zero-order valence-corrected chi connectivity index (χ0v) is 17.3. The number of hydrogen-bond donors (Lipinski definition) is 0. The first-order valence-electron chi connectivity index (χ1n) is 9.09. The van der Waals surface area contributed by atoms with Crippen molar-refractivity contribution in [2.24, 2.45) is 0 Å². The van der Waals surface area contributed by atoms with Gasteiger partial charge in [0.25, 0.3) is 5.91 Å². The summed E-state index contributed by atoms with van der Waals surface area (Å²) in [5, 5.41) is 0. The summed E-state index contributed by atoms with van der Waals surface area (Å²) in [6, 6.07) is 4.32. The molecule has 1 aromatic carbocycles. The lowest BCUT2D eigenvalue weighted by molar-refractivity contribution is -0.122. The standard InChI is InChI=1S/C20H26N2O2S2/c1-14-11-16(3)17(12-15(14)2)13-18-19(23)22(20(25)26-18)6-4-5-21-7-9-24-10-8-21/h11-13H,4-10H2,1-3H3/b18-13+. The summed E-state index contributed by atoms with van der Waals surface area (Å²) in [5.41, 5.74) is 4.80. The predicted octanol–water partition coefficient (Wildman–Crippen LogP) is 3.54. The maximum absolute atomic E-state index is 12.8. The minimum Gasteiger partial charge on any atom is -0.379 e. The second-order valence-electron chi connectivity index (χ2n) is 6.93. The summed E-state index contributed by atoms with van der Waals surface area (Å²) >= 11 is 6.87. The fraction of sp³-hybridized carbons (Fsp3) is 0.500. The first kappa shape index (κ1) is 19.5. The highest BCUT2D eigenvalue weighted by molar-refractivity contribution is 8.26. The highest BCUT2D eigenvalue weighted by atomic mass is 32.2. The summed E-state index contributed by atoms with van der Waals surface area (Å²) in [5.74, 6) is 0.0413. The summed E-state index contributed by atoms with van der Waals surface area (Å²) < 4.78 is 6.04. The number of carbonyl (C=O) groups excluding carboxylic acids is 1. The molecule has 0 unspecified atom stereocenters. The second-order valence-corrected chi connectivity index (χ2v) is 8.61. The van der Waals surface area contributed by atoms with E-state index in [1.165, 1.54) is 28.5 Å². The van der Waals surface area contributed by atoms with E-state index < -0.39 is 0 Å². The van der Waals surface area contributed by atoms with Crippen LogP contribution in [0.25, 0.3) is 6.08 Å². The predicted molar refractivity (Wildman–Crippen MR) is 112 cm³/mol. The van der Waals surface area contributed by atoms with Crippen LogP contribution in [0.15, 0.2) is 17.0 Å². The molecular weight excluding hydrogens is 364 g/mol.